The number of carbonyl (C=O) groups excluding carboxylic acids is 4. The van der Waals surface area contributed by atoms with Crippen molar-refractivity contribution in [3.63, 3.8) is 0 Å². The first kappa shape index (κ1) is 24.2. The van der Waals surface area contributed by atoms with Gasteiger partial charge in [0, 0.05) is 23.7 Å². The fraction of sp³-hybridized carbons (Fsp3) is 0.241. The molecule has 0 unspecified atom stereocenters. The second kappa shape index (κ2) is 10.7. The Morgan fingerprint density at radius 3 is 2.27 bits per heavy atom. The van der Waals surface area contributed by atoms with Crippen molar-refractivity contribution in [1.29, 1.82) is 0 Å². The molecule has 3 aromatic carbocycles. The van der Waals surface area contributed by atoms with E-state index in [0.29, 0.717) is 24.2 Å². The van der Waals surface area contributed by atoms with Gasteiger partial charge in [-0.2, -0.15) is 0 Å². The lowest BCUT2D eigenvalue weighted by atomic mass is 9.86. The second-order valence-electron chi connectivity index (χ2n) is 9.33. The van der Waals surface area contributed by atoms with Crippen LogP contribution in [-0.4, -0.2) is 42.3 Å². The highest BCUT2D eigenvalue weighted by atomic mass is 16.2. The number of amides is 4. The van der Waals surface area contributed by atoms with Crippen LogP contribution in [0.25, 0.3) is 0 Å². The number of fused-ring (bicyclic) bond motifs is 1. The van der Waals surface area contributed by atoms with Crippen LogP contribution in [0.5, 0.6) is 0 Å². The highest BCUT2D eigenvalue weighted by molar-refractivity contribution is 6.07. The number of hydrogen-bond acceptors (Lipinski definition) is 4. The Morgan fingerprint density at radius 2 is 1.57 bits per heavy atom. The largest absolute Gasteiger partial charge is 0.344 e. The Bertz CT molecular complexity index is 1310. The van der Waals surface area contributed by atoms with Crippen molar-refractivity contribution in [3.05, 3.63) is 96.1 Å². The molecule has 2 aliphatic heterocycles. The molecule has 0 aliphatic carbocycles. The monoisotopic (exact) mass is 496 g/mol. The molecule has 0 radical (unpaired) electrons. The van der Waals surface area contributed by atoms with Crippen LogP contribution in [0.15, 0.2) is 84.9 Å². The van der Waals surface area contributed by atoms with Gasteiger partial charge in [0.1, 0.15) is 18.6 Å². The molecule has 8 heteroatoms. The van der Waals surface area contributed by atoms with Crippen molar-refractivity contribution in [3.8, 4) is 0 Å². The van der Waals surface area contributed by atoms with Gasteiger partial charge in [-0.25, -0.2) is 0 Å². The number of para-hydroxylation sites is 2. The molecular weight excluding hydrogens is 468 g/mol. The molecule has 1 fully saturated rings. The number of anilines is 2. The Hall–Kier alpha value is -4.46. The lowest BCUT2D eigenvalue weighted by molar-refractivity contribution is -0.130. The fourth-order valence-corrected chi connectivity index (χ4v) is 5.03. The van der Waals surface area contributed by atoms with Gasteiger partial charge in [0.2, 0.25) is 17.7 Å². The van der Waals surface area contributed by atoms with Gasteiger partial charge in [-0.05, 0) is 42.2 Å². The zero-order valence-corrected chi connectivity index (χ0v) is 20.2. The maximum atomic E-state index is 14.1. The van der Waals surface area contributed by atoms with Crippen molar-refractivity contribution in [2.45, 2.75) is 37.3 Å². The first-order valence-electron chi connectivity index (χ1n) is 12.4. The van der Waals surface area contributed by atoms with E-state index in [0.717, 1.165) is 11.1 Å². The van der Waals surface area contributed by atoms with Gasteiger partial charge in [-0.1, -0.05) is 66.7 Å². The molecule has 0 bridgehead atoms. The summed E-state index contributed by atoms with van der Waals surface area (Å²) < 4.78 is 0. The van der Waals surface area contributed by atoms with E-state index in [9.17, 15) is 19.2 Å². The molecule has 0 saturated carbocycles. The van der Waals surface area contributed by atoms with Gasteiger partial charge in [-0.3, -0.25) is 19.2 Å². The summed E-state index contributed by atoms with van der Waals surface area (Å²) in [6, 6.07) is 24.5. The van der Waals surface area contributed by atoms with Crippen molar-refractivity contribution in [2.75, 3.05) is 16.8 Å². The van der Waals surface area contributed by atoms with Crippen LogP contribution in [0, 0.1) is 0 Å². The topological polar surface area (TPSA) is 108 Å². The van der Waals surface area contributed by atoms with E-state index in [2.05, 4.69) is 16.0 Å². The third kappa shape index (κ3) is 5.38. The van der Waals surface area contributed by atoms with E-state index in [1.54, 1.807) is 12.1 Å². The number of hydrogen-bond donors (Lipinski definition) is 3. The van der Waals surface area contributed by atoms with Crippen LogP contribution < -0.4 is 20.9 Å². The Balaban J connectivity index is 1.49. The smallest absolute Gasteiger partial charge is 0.250 e. The molecule has 3 aromatic rings. The molecule has 5 rings (SSSR count). The molecule has 3 N–H and O–H groups in total. The van der Waals surface area contributed by atoms with Crippen molar-refractivity contribution in [2.24, 2.45) is 0 Å². The molecule has 2 aliphatic rings. The molecule has 3 atom stereocenters. The van der Waals surface area contributed by atoms with Crippen molar-refractivity contribution in [1.82, 2.24) is 10.6 Å². The van der Waals surface area contributed by atoms with Gasteiger partial charge in [0.05, 0.1) is 0 Å². The van der Waals surface area contributed by atoms with E-state index in [4.69, 9.17) is 0 Å². The lowest BCUT2D eigenvalue weighted by Gasteiger charge is -2.30. The van der Waals surface area contributed by atoms with E-state index < -0.39 is 18.0 Å². The summed E-state index contributed by atoms with van der Waals surface area (Å²) in [5.74, 6) is -1.67. The minimum absolute atomic E-state index is 0.182. The van der Waals surface area contributed by atoms with Crippen LogP contribution >= 0.6 is 0 Å². The van der Waals surface area contributed by atoms with Crippen LogP contribution in [0.3, 0.4) is 0 Å². The molecule has 2 heterocycles. The van der Waals surface area contributed by atoms with Crippen molar-refractivity contribution >= 4 is 35.0 Å². The average molecular weight is 497 g/mol. The third-order valence-corrected chi connectivity index (χ3v) is 6.85. The van der Waals surface area contributed by atoms with Gasteiger partial charge >= 0.3 is 0 Å². The summed E-state index contributed by atoms with van der Waals surface area (Å²) in [7, 11) is 0. The third-order valence-electron chi connectivity index (χ3n) is 6.85. The number of carbonyl (C=O) groups is 4. The average Bonchev–Trinajstić information content (AvgIpc) is 3.32. The van der Waals surface area contributed by atoms with Gasteiger partial charge in [0.25, 0.3) is 5.91 Å². The van der Waals surface area contributed by atoms with Crippen LogP contribution in [0.1, 0.15) is 29.9 Å². The molecule has 4 amide bonds. The second-order valence-corrected chi connectivity index (χ2v) is 9.33. The maximum absolute atomic E-state index is 14.1. The summed E-state index contributed by atoms with van der Waals surface area (Å²) in [5, 5.41) is 8.45. The number of nitrogens with one attached hydrogen (secondary N) is 3. The van der Waals surface area contributed by atoms with Gasteiger partial charge < -0.3 is 20.9 Å². The Labute approximate surface area is 215 Å². The first-order chi connectivity index (χ1) is 18.0. The summed E-state index contributed by atoms with van der Waals surface area (Å²) in [4.78, 5) is 53.5. The molecule has 0 aromatic heterocycles. The quantitative estimate of drug-likeness (QED) is 0.488. The lowest BCUT2D eigenvalue weighted by Crippen LogP contribution is -2.55. The predicted octanol–water partition coefficient (Wildman–Crippen LogP) is 2.76. The van der Waals surface area contributed by atoms with Crippen LogP contribution in [-0.2, 0) is 25.6 Å². The predicted molar refractivity (Wildman–Crippen MR) is 140 cm³/mol. The summed E-state index contributed by atoms with van der Waals surface area (Å²) in [6.07, 6.45) is 1.14. The standard InChI is InChI=1S/C29H28N4O4/c34-25-16-15-23(31-25)28(36)32-27-22(19-9-3-1-4-10-19)17-20-11-7-8-14-24(20)33(29(27)37)18-26(35)30-21-12-5-2-6-13-21/h1-14,22-23,27H,15-18H2,(H,30,35)(H,31,34)(H,32,36)/t22-,23-,27+/m0/s1. The summed E-state index contributed by atoms with van der Waals surface area (Å²) in [5.41, 5.74) is 3.08. The highest BCUT2D eigenvalue weighted by Crippen LogP contribution is 2.35. The maximum Gasteiger partial charge on any atom is 0.250 e. The Kier molecular flexibility index (Phi) is 6.98. The molecule has 1 saturated heterocycles. The molecule has 37 heavy (non-hydrogen) atoms. The zero-order chi connectivity index (χ0) is 25.8. The van der Waals surface area contributed by atoms with E-state index in [1.165, 1.54) is 4.90 Å². The molecule has 0 spiro atoms. The summed E-state index contributed by atoms with van der Waals surface area (Å²) >= 11 is 0. The van der Waals surface area contributed by atoms with E-state index in [1.807, 2.05) is 72.8 Å². The zero-order valence-electron chi connectivity index (χ0n) is 20.2. The molecular formula is C29H28N4O4. The van der Waals surface area contributed by atoms with Crippen LogP contribution in [0.2, 0.25) is 0 Å². The SMILES string of the molecule is O=C(CN1C(=O)[C@H](NC(=O)[C@@H]2CCC(=O)N2)[C@H](c2ccccc2)Cc2ccccc21)Nc1ccccc1. The Morgan fingerprint density at radius 1 is 0.892 bits per heavy atom. The van der Waals surface area contributed by atoms with Gasteiger partial charge in [-0.15, -0.1) is 0 Å². The number of rotatable bonds is 6. The van der Waals surface area contributed by atoms with Gasteiger partial charge in [0.15, 0.2) is 0 Å². The van der Waals surface area contributed by atoms with E-state index >= 15 is 0 Å². The number of nitrogens with zero attached hydrogens (tertiary/aromatic N) is 1. The normalized spacial score (nSPS) is 21.0. The highest BCUT2D eigenvalue weighted by Gasteiger charge is 2.41. The minimum atomic E-state index is -0.927. The molecule has 188 valence electrons. The molecule has 8 nitrogen and oxygen atoms in total. The van der Waals surface area contributed by atoms with E-state index in [-0.39, 0.29) is 36.6 Å². The first-order valence-corrected chi connectivity index (χ1v) is 12.4. The van der Waals surface area contributed by atoms with Crippen molar-refractivity contribution < 1.29 is 19.2 Å². The fourth-order valence-electron chi connectivity index (χ4n) is 5.03. The minimum Gasteiger partial charge on any atom is -0.344 e. The number of benzene rings is 3. The van der Waals surface area contributed by atoms with Crippen LogP contribution in [0.4, 0.5) is 11.4 Å². The summed E-state index contributed by atoms with van der Waals surface area (Å²) in [6.45, 7) is -0.210.